The van der Waals surface area contributed by atoms with Gasteiger partial charge in [0.1, 0.15) is 11.4 Å². The molecule has 0 saturated heterocycles. The van der Waals surface area contributed by atoms with E-state index in [0.29, 0.717) is 28.4 Å². The Labute approximate surface area is 237 Å². The van der Waals surface area contributed by atoms with E-state index in [1.165, 1.54) is 0 Å². The van der Waals surface area contributed by atoms with E-state index in [0.717, 1.165) is 16.9 Å². The van der Waals surface area contributed by atoms with Crippen LogP contribution in [0.1, 0.15) is 27.0 Å². The Morgan fingerprint density at radius 2 is 1.45 bits per heavy atom. The standard InChI is InChI=1S/C32H28ClN3O4/c1-40-28-17-11-24(12-18-28)21-34-30(37)20-23-9-15-27(16-10-23)35-32(39)29(19-22-7-13-26(33)14-8-22)36-31(38)25-5-3-2-4-6-25/h2-19H,20-21H2,1H3,(H,34,37)(H,35,39)(H,36,38). The number of hydrogen-bond donors (Lipinski definition) is 3. The van der Waals surface area contributed by atoms with Crippen LogP contribution in [0.4, 0.5) is 5.69 Å². The summed E-state index contributed by atoms with van der Waals surface area (Å²) in [7, 11) is 1.61. The van der Waals surface area contributed by atoms with Gasteiger partial charge in [0.25, 0.3) is 11.8 Å². The zero-order valence-electron chi connectivity index (χ0n) is 21.8. The number of benzene rings is 4. The van der Waals surface area contributed by atoms with Crippen molar-refractivity contribution in [3.8, 4) is 5.75 Å². The predicted octanol–water partition coefficient (Wildman–Crippen LogP) is 5.62. The third-order valence-electron chi connectivity index (χ3n) is 5.94. The lowest BCUT2D eigenvalue weighted by molar-refractivity contribution is -0.120. The summed E-state index contributed by atoms with van der Waals surface area (Å²) in [6.45, 7) is 0.411. The molecule has 0 bridgehead atoms. The first-order valence-electron chi connectivity index (χ1n) is 12.5. The second kappa shape index (κ2) is 13.8. The van der Waals surface area contributed by atoms with Crippen LogP contribution in [-0.4, -0.2) is 24.8 Å². The minimum absolute atomic E-state index is 0.0677. The Morgan fingerprint density at radius 1 is 0.800 bits per heavy atom. The molecule has 0 fully saturated rings. The molecule has 0 aliphatic carbocycles. The van der Waals surface area contributed by atoms with E-state index in [9.17, 15) is 14.4 Å². The average Bonchev–Trinajstić information content (AvgIpc) is 2.98. The number of anilines is 1. The van der Waals surface area contributed by atoms with Gasteiger partial charge in [-0.2, -0.15) is 0 Å². The number of amides is 3. The molecule has 7 nitrogen and oxygen atoms in total. The van der Waals surface area contributed by atoms with Crippen LogP contribution < -0.4 is 20.7 Å². The van der Waals surface area contributed by atoms with Crippen molar-refractivity contribution in [2.45, 2.75) is 13.0 Å². The van der Waals surface area contributed by atoms with Crippen molar-refractivity contribution in [1.82, 2.24) is 10.6 Å². The maximum absolute atomic E-state index is 13.2. The van der Waals surface area contributed by atoms with Gasteiger partial charge in [0.15, 0.2) is 0 Å². The summed E-state index contributed by atoms with van der Waals surface area (Å²) in [5, 5.41) is 8.97. The summed E-state index contributed by atoms with van der Waals surface area (Å²) in [5.74, 6) is -0.269. The normalized spacial score (nSPS) is 10.9. The lowest BCUT2D eigenvalue weighted by Crippen LogP contribution is -2.30. The van der Waals surface area contributed by atoms with Crippen LogP contribution in [0, 0.1) is 0 Å². The van der Waals surface area contributed by atoms with E-state index < -0.39 is 11.8 Å². The Hall–Kier alpha value is -4.88. The number of hydrogen-bond acceptors (Lipinski definition) is 4. The highest BCUT2D eigenvalue weighted by Crippen LogP contribution is 2.16. The van der Waals surface area contributed by atoms with Gasteiger partial charge in [0.05, 0.1) is 13.5 Å². The highest BCUT2D eigenvalue weighted by atomic mass is 35.5. The average molecular weight is 554 g/mol. The monoisotopic (exact) mass is 553 g/mol. The van der Waals surface area contributed by atoms with Gasteiger partial charge in [0, 0.05) is 22.8 Å². The molecule has 40 heavy (non-hydrogen) atoms. The Bertz CT molecular complexity index is 1480. The Balaban J connectivity index is 1.39. The number of rotatable bonds is 10. The van der Waals surface area contributed by atoms with E-state index >= 15 is 0 Å². The van der Waals surface area contributed by atoms with Gasteiger partial charge < -0.3 is 20.7 Å². The van der Waals surface area contributed by atoms with Crippen molar-refractivity contribution in [2.24, 2.45) is 0 Å². The first kappa shape index (κ1) is 28.1. The van der Waals surface area contributed by atoms with Crippen LogP contribution >= 0.6 is 11.6 Å². The topological polar surface area (TPSA) is 96.5 Å². The molecule has 0 aromatic heterocycles. The summed E-state index contributed by atoms with van der Waals surface area (Å²) in [5.41, 5.74) is 3.46. The molecule has 0 unspecified atom stereocenters. The van der Waals surface area contributed by atoms with E-state index in [-0.39, 0.29) is 18.0 Å². The molecule has 0 heterocycles. The SMILES string of the molecule is COc1ccc(CNC(=O)Cc2ccc(NC(=O)C(=Cc3ccc(Cl)cc3)NC(=O)c3ccccc3)cc2)cc1. The number of carbonyl (C=O) groups is 3. The maximum Gasteiger partial charge on any atom is 0.272 e. The number of halogens is 1. The van der Waals surface area contributed by atoms with Gasteiger partial charge in [-0.1, -0.05) is 66.2 Å². The van der Waals surface area contributed by atoms with Gasteiger partial charge in [-0.15, -0.1) is 0 Å². The summed E-state index contributed by atoms with van der Waals surface area (Å²) >= 11 is 5.98. The first-order valence-corrected chi connectivity index (χ1v) is 12.9. The maximum atomic E-state index is 13.2. The van der Waals surface area contributed by atoms with Crippen molar-refractivity contribution < 1.29 is 19.1 Å². The largest absolute Gasteiger partial charge is 0.497 e. The molecule has 202 valence electrons. The fourth-order valence-electron chi connectivity index (χ4n) is 3.76. The fraction of sp³-hybridized carbons (Fsp3) is 0.0938. The van der Waals surface area contributed by atoms with Crippen LogP contribution in [0.5, 0.6) is 5.75 Å². The molecule has 0 atom stereocenters. The molecule has 0 radical (unpaired) electrons. The van der Waals surface area contributed by atoms with Crippen LogP contribution in [0.25, 0.3) is 6.08 Å². The lowest BCUT2D eigenvalue weighted by Gasteiger charge is -2.12. The zero-order valence-corrected chi connectivity index (χ0v) is 22.6. The predicted molar refractivity (Wildman–Crippen MR) is 157 cm³/mol. The minimum atomic E-state index is -0.496. The molecule has 4 rings (SSSR count). The smallest absolute Gasteiger partial charge is 0.272 e. The third kappa shape index (κ3) is 8.31. The molecule has 0 saturated carbocycles. The Morgan fingerprint density at radius 3 is 2.10 bits per heavy atom. The van der Waals surface area contributed by atoms with Gasteiger partial charge in [-0.25, -0.2) is 0 Å². The summed E-state index contributed by atoms with van der Waals surface area (Å²) in [6, 6.07) is 30.0. The quantitative estimate of drug-likeness (QED) is 0.222. The molecule has 4 aromatic carbocycles. The highest BCUT2D eigenvalue weighted by Gasteiger charge is 2.15. The molecule has 4 aromatic rings. The number of methoxy groups -OCH3 is 1. The second-order valence-corrected chi connectivity index (χ2v) is 9.32. The number of nitrogens with one attached hydrogen (secondary N) is 3. The highest BCUT2D eigenvalue weighted by molar-refractivity contribution is 6.30. The molecule has 0 aliphatic rings. The molecular weight excluding hydrogens is 526 g/mol. The van der Waals surface area contributed by atoms with Crippen LogP contribution in [0.3, 0.4) is 0 Å². The van der Waals surface area contributed by atoms with Crippen molar-refractivity contribution in [2.75, 3.05) is 12.4 Å². The van der Waals surface area contributed by atoms with Crippen molar-refractivity contribution in [1.29, 1.82) is 0 Å². The molecular formula is C32H28ClN3O4. The molecule has 0 aliphatic heterocycles. The van der Waals surface area contributed by atoms with E-state index in [1.807, 2.05) is 30.3 Å². The van der Waals surface area contributed by atoms with E-state index in [1.54, 1.807) is 86.0 Å². The zero-order chi connectivity index (χ0) is 28.3. The Kier molecular flexibility index (Phi) is 9.69. The number of ether oxygens (including phenoxy) is 1. The second-order valence-electron chi connectivity index (χ2n) is 8.88. The van der Waals surface area contributed by atoms with Crippen LogP contribution in [-0.2, 0) is 22.6 Å². The number of carbonyl (C=O) groups excluding carboxylic acids is 3. The van der Waals surface area contributed by atoms with Gasteiger partial charge in [0.2, 0.25) is 5.91 Å². The molecule has 3 amide bonds. The molecule has 8 heteroatoms. The van der Waals surface area contributed by atoms with Crippen molar-refractivity contribution >= 4 is 41.1 Å². The molecule has 3 N–H and O–H groups in total. The van der Waals surface area contributed by atoms with E-state index in [4.69, 9.17) is 16.3 Å². The van der Waals surface area contributed by atoms with Crippen molar-refractivity contribution in [3.05, 3.63) is 136 Å². The summed E-state index contributed by atoms with van der Waals surface area (Å²) in [4.78, 5) is 38.4. The minimum Gasteiger partial charge on any atom is -0.497 e. The van der Waals surface area contributed by atoms with Crippen LogP contribution in [0.15, 0.2) is 109 Å². The fourth-order valence-corrected chi connectivity index (χ4v) is 3.89. The van der Waals surface area contributed by atoms with Crippen LogP contribution in [0.2, 0.25) is 5.02 Å². The van der Waals surface area contributed by atoms with E-state index in [2.05, 4.69) is 16.0 Å². The summed E-state index contributed by atoms with van der Waals surface area (Å²) in [6.07, 6.45) is 1.77. The third-order valence-corrected chi connectivity index (χ3v) is 6.19. The van der Waals surface area contributed by atoms with Gasteiger partial charge in [-0.05, 0) is 71.3 Å². The van der Waals surface area contributed by atoms with Gasteiger partial charge in [-0.3, -0.25) is 14.4 Å². The molecule has 0 spiro atoms. The van der Waals surface area contributed by atoms with Gasteiger partial charge >= 0.3 is 0 Å². The first-order chi connectivity index (χ1) is 19.4. The summed E-state index contributed by atoms with van der Waals surface area (Å²) < 4.78 is 5.15. The lowest BCUT2D eigenvalue weighted by atomic mass is 10.1. The van der Waals surface area contributed by atoms with Crippen molar-refractivity contribution in [3.63, 3.8) is 0 Å².